The Morgan fingerprint density at radius 3 is 2.68 bits per heavy atom. The molecular weight excluding hydrogens is 354 g/mol. The standard InChI is InChI=1S/C14H8ClN5O5/c15-8-3-5(20(23)24)1-2-6(8)9-7(4-16)11(17)25-13-10(9)12(21)18-14(22)19-13/h1-3,9H,17H2,(H2,18,19,21,22)/t9-/m1/s1. The molecule has 0 spiro atoms. The molecule has 1 aromatic carbocycles. The SMILES string of the molecule is N#CC1=C(N)Oc2[nH]c(=O)[nH]c(=O)c2[C@@H]1c1ccc([N+](=O)[O-])cc1Cl. The highest BCUT2D eigenvalue weighted by Gasteiger charge is 2.35. The number of aromatic amines is 2. The lowest BCUT2D eigenvalue weighted by Gasteiger charge is -2.25. The van der Waals surface area contributed by atoms with Gasteiger partial charge in [0.1, 0.15) is 11.6 Å². The average molecular weight is 362 g/mol. The number of halogens is 1. The first kappa shape index (κ1) is 16.3. The number of non-ortho nitro benzene ring substituents is 1. The minimum Gasteiger partial charge on any atom is -0.424 e. The quantitative estimate of drug-likeness (QED) is 0.525. The fourth-order valence-corrected chi connectivity index (χ4v) is 2.85. The van der Waals surface area contributed by atoms with E-state index < -0.39 is 22.1 Å². The van der Waals surface area contributed by atoms with Crippen LogP contribution in [-0.2, 0) is 0 Å². The summed E-state index contributed by atoms with van der Waals surface area (Å²) >= 11 is 6.12. The molecule has 3 rings (SSSR count). The van der Waals surface area contributed by atoms with Gasteiger partial charge < -0.3 is 10.5 Å². The van der Waals surface area contributed by atoms with E-state index in [0.717, 1.165) is 6.07 Å². The maximum Gasteiger partial charge on any atom is 0.328 e. The van der Waals surface area contributed by atoms with E-state index in [0.29, 0.717) is 0 Å². The first-order chi connectivity index (χ1) is 11.8. The van der Waals surface area contributed by atoms with Crippen LogP contribution in [0.25, 0.3) is 0 Å². The molecule has 2 heterocycles. The van der Waals surface area contributed by atoms with Crippen LogP contribution in [0.1, 0.15) is 17.0 Å². The van der Waals surface area contributed by atoms with Crippen molar-refractivity contribution in [3.8, 4) is 11.9 Å². The number of aromatic nitrogens is 2. The number of nitrogens with two attached hydrogens (primary N) is 1. The van der Waals surface area contributed by atoms with Crippen molar-refractivity contribution < 1.29 is 9.66 Å². The molecule has 1 aliphatic heterocycles. The Labute approximate surface area is 143 Å². The summed E-state index contributed by atoms with van der Waals surface area (Å²) in [7, 11) is 0. The number of benzene rings is 1. The molecule has 4 N–H and O–H groups in total. The van der Waals surface area contributed by atoms with Crippen molar-refractivity contribution in [3.05, 3.63) is 76.8 Å². The Morgan fingerprint density at radius 1 is 1.36 bits per heavy atom. The predicted octanol–water partition coefficient (Wildman–Crippen LogP) is 0.843. The molecule has 0 fully saturated rings. The van der Waals surface area contributed by atoms with Crippen molar-refractivity contribution in [2.45, 2.75) is 5.92 Å². The van der Waals surface area contributed by atoms with Gasteiger partial charge in [-0.2, -0.15) is 5.26 Å². The van der Waals surface area contributed by atoms with Gasteiger partial charge in [-0.1, -0.05) is 11.6 Å². The van der Waals surface area contributed by atoms with Crippen LogP contribution < -0.4 is 21.7 Å². The van der Waals surface area contributed by atoms with Gasteiger partial charge in [0.15, 0.2) is 0 Å². The molecule has 25 heavy (non-hydrogen) atoms. The van der Waals surface area contributed by atoms with E-state index in [2.05, 4.69) is 4.98 Å². The van der Waals surface area contributed by atoms with Gasteiger partial charge >= 0.3 is 5.69 Å². The van der Waals surface area contributed by atoms with Crippen LogP contribution in [-0.4, -0.2) is 14.9 Å². The van der Waals surface area contributed by atoms with E-state index in [1.165, 1.54) is 12.1 Å². The second kappa shape index (κ2) is 5.81. The normalized spacial score (nSPS) is 15.9. The second-order valence-corrected chi connectivity index (χ2v) is 5.45. The number of hydrogen-bond donors (Lipinski definition) is 3. The molecule has 0 saturated carbocycles. The van der Waals surface area contributed by atoms with Gasteiger partial charge in [-0.25, -0.2) is 4.79 Å². The summed E-state index contributed by atoms with van der Waals surface area (Å²) in [6.07, 6.45) is 0. The highest BCUT2D eigenvalue weighted by Crippen LogP contribution is 2.41. The zero-order chi connectivity index (χ0) is 18.3. The summed E-state index contributed by atoms with van der Waals surface area (Å²) in [5.74, 6) is -1.58. The second-order valence-electron chi connectivity index (χ2n) is 5.04. The van der Waals surface area contributed by atoms with Crippen molar-refractivity contribution in [2.24, 2.45) is 5.73 Å². The Bertz CT molecular complexity index is 1090. The fourth-order valence-electron chi connectivity index (χ4n) is 2.56. The zero-order valence-corrected chi connectivity index (χ0v) is 13.0. The molecule has 0 saturated heterocycles. The van der Waals surface area contributed by atoms with Crippen LogP contribution in [0.5, 0.6) is 5.88 Å². The van der Waals surface area contributed by atoms with Crippen molar-refractivity contribution in [2.75, 3.05) is 0 Å². The third-order valence-electron chi connectivity index (χ3n) is 3.62. The third-order valence-corrected chi connectivity index (χ3v) is 3.95. The van der Waals surface area contributed by atoms with E-state index in [-0.39, 0.29) is 39.2 Å². The molecular formula is C14H8ClN5O5. The number of hydrogen-bond acceptors (Lipinski definition) is 7. The van der Waals surface area contributed by atoms with Crippen molar-refractivity contribution in [3.63, 3.8) is 0 Å². The van der Waals surface area contributed by atoms with E-state index in [9.17, 15) is 25.0 Å². The first-order valence-electron chi connectivity index (χ1n) is 6.71. The Kier molecular flexibility index (Phi) is 3.78. The van der Waals surface area contributed by atoms with Crippen LogP contribution in [0.4, 0.5) is 5.69 Å². The number of ether oxygens (including phenoxy) is 1. The highest BCUT2D eigenvalue weighted by atomic mass is 35.5. The zero-order valence-electron chi connectivity index (χ0n) is 12.2. The Hall–Kier alpha value is -3.58. The first-order valence-corrected chi connectivity index (χ1v) is 7.09. The summed E-state index contributed by atoms with van der Waals surface area (Å²) in [5.41, 5.74) is 3.88. The predicted molar refractivity (Wildman–Crippen MR) is 85.1 cm³/mol. The van der Waals surface area contributed by atoms with Crippen molar-refractivity contribution in [1.82, 2.24) is 9.97 Å². The summed E-state index contributed by atoms with van der Waals surface area (Å²) in [6, 6.07) is 5.43. The van der Waals surface area contributed by atoms with Crippen LogP contribution >= 0.6 is 11.6 Å². The highest BCUT2D eigenvalue weighted by molar-refractivity contribution is 6.31. The van der Waals surface area contributed by atoms with Gasteiger partial charge in [-0.15, -0.1) is 0 Å². The van der Waals surface area contributed by atoms with E-state index in [1.807, 2.05) is 11.1 Å². The summed E-state index contributed by atoms with van der Waals surface area (Å²) in [6.45, 7) is 0. The van der Waals surface area contributed by atoms with Gasteiger partial charge in [0.2, 0.25) is 11.8 Å². The lowest BCUT2D eigenvalue weighted by Crippen LogP contribution is -2.33. The van der Waals surface area contributed by atoms with Gasteiger partial charge in [-0.05, 0) is 11.6 Å². The molecule has 0 bridgehead atoms. The van der Waals surface area contributed by atoms with Gasteiger partial charge in [0.25, 0.3) is 11.2 Å². The average Bonchev–Trinajstić information content (AvgIpc) is 2.53. The molecule has 0 unspecified atom stereocenters. The van der Waals surface area contributed by atoms with Crippen LogP contribution in [0.2, 0.25) is 5.02 Å². The molecule has 0 amide bonds. The number of allylic oxidation sites excluding steroid dienone is 1. The fraction of sp³-hybridized carbons (Fsp3) is 0.0714. The maximum absolute atomic E-state index is 12.2. The van der Waals surface area contributed by atoms with Crippen LogP contribution in [0.15, 0.2) is 39.2 Å². The third kappa shape index (κ3) is 2.62. The van der Waals surface area contributed by atoms with E-state index in [1.54, 1.807) is 0 Å². The number of H-pyrrole nitrogens is 2. The molecule has 1 aliphatic rings. The number of nitro benzene ring substituents is 1. The Morgan fingerprint density at radius 2 is 2.08 bits per heavy atom. The van der Waals surface area contributed by atoms with Gasteiger partial charge in [0.05, 0.1) is 21.4 Å². The van der Waals surface area contributed by atoms with E-state index in [4.69, 9.17) is 22.1 Å². The lowest BCUT2D eigenvalue weighted by atomic mass is 9.85. The number of nitrogens with zero attached hydrogens (tertiary/aromatic N) is 2. The number of nitriles is 1. The molecule has 1 atom stereocenters. The minimum atomic E-state index is -1.05. The summed E-state index contributed by atoms with van der Waals surface area (Å²) in [5, 5.41) is 20.2. The summed E-state index contributed by atoms with van der Waals surface area (Å²) in [4.78, 5) is 38.2. The van der Waals surface area contributed by atoms with Gasteiger partial charge in [-0.3, -0.25) is 24.9 Å². The molecule has 10 nitrogen and oxygen atoms in total. The molecule has 2 aromatic rings. The lowest BCUT2D eigenvalue weighted by molar-refractivity contribution is -0.384. The Balaban J connectivity index is 2.32. The summed E-state index contributed by atoms with van der Waals surface area (Å²) < 4.78 is 5.16. The van der Waals surface area contributed by atoms with Crippen LogP contribution in [0, 0.1) is 21.4 Å². The topological polar surface area (TPSA) is 168 Å². The monoisotopic (exact) mass is 361 g/mol. The molecule has 1 aromatic heterocycles. The number of rotatable bonds is 2. The molecule has 0 radical (unpaired) electrons. The van der Waals surface area contributed by atoms with Crippen molar-refractivity contribution >= 4 is 17.3 Å². The van der Waals surface area contributed by atoms with E-state index >= 15 is 0 Å². The number of fused-ring (bicyclic) bond motifs is 1. The number of nitro groups is 1. The molecule has 126 valence electrons. The van der Waals surface area contributed by atoms with Crippen molar-refractivity contribution in [1.29, 1.82) is 5.26 Å². The number of nitrogens with one attached hydrogen (secondary N) is 2. The smallest absolute Gasteiger partial charge is 0.328 e. The molecule has 11 heteroatoms. The largest absolute Gasteiger partial charge is 0.424 e. The maximum atomic E-state index is 12.2. The van der Waals surface area contributed by atoms with Crippen LogP contribution in [0.3, 0.4) is 0 Å². The minimum absolute atomic E-state index is 0.0433. The van der Waals surface area contributed by atoms with Gasteiger partial charge in [0, 0.05) is 12.1 Å². The molecule has 0 aliphatic carbocycles.